The monoisotopic (exact) mass is 368 g/mol. The molecule has 2 aromatic carbocycles. The summed E-state index contributed by atoms with van der Waals surface area (Å²) in [6.07, 6.45) is 6.83. The second-order valence-corrected chi connectivity index (χ2v) is 6.84. The van der Waals surface area contributed by atoms with Crippen LogP contribution in [-0.2, 0) is 19.5 Å². The standard InChI is InChI=1S/C24H24N4/c1-3-8-20(9-4-1)13-15-26-17-23-19-28(18-21-10-5-2-6-11-21)27-24(23)22-12-7-14-25-16-22/h1-12,14,16,19,26H,13,15,17-18H2. The fourth-order valence-electron chi connectivity index (χ4n) is 3.29. The molecule has 1 N–H and O–H groups in total. The summed E-state index contributed by atoms with van der Waals surface area (Å²) in [7, 11) is 0. The third-order valence-corrected chi connectivity index (χ3v) is 4.71. The average molecular weight is 368 g/mol. The van der Waals surface area contributed by atoms with Gasteiger partial charge in [0, 0.05) is 36.3 Å². The SMILES string of the molecule is c1ccc(CCNCc2cn(Cc3ccccc3)nc2-c2cccnc2)cc1. The molecule has 4 nitrogen and oxygen atoms in total. The molecule has 0 unspecified atom stereocenters. The molecule has 0 fully saturated rings. The Morgan fingerprint density at radius 3 is 2.29 bits per heavy atom. The van der Waals surface area contributed by atoms with Crippen molar-refractivity contribution in [1.29, 1.82) is 0 Å². The minimum Gasteiger partial charge on any atom is -0.312 e. The lowest BCUT2D eigenvalue weighted by Crippen LogP contribution is -2.16. The Bertz CT molecular complexity index is 979. The Balaban J connectivity index is 1.47. The van der Waals surface area contributed by atoms with Crippen LogP contribution < -0.4 is 5.32 Å². The first-order valence-corrected chi connectivity index (χ1v) is 9.64. The summed E-state index contributed by atoms with van der Waals surface area (Å²) in [5.41, 5.74) is 5.83. The second kappa shape index (κ2) is 9.11. The van der Waals surface area contributed by atoms with Gasteiger partial charge >= 0.3 is 0 Å². The number of pyridine rings is 1. The molecule has 0 saturated carbocycles. The molecular formula is C24H24N4. The van der Waals surface area contributed by atoms with E-state index in [2.05, 4.69) is 77.2 Å². The summed E-state index contributed by atoms with van der Waals surface area (Å²) < 4.78 is 2.02. The van der Waals surface area contributed by atoms with Crippen molar-refractivity contribution in [3.63, 3.8) is 0 Å². The molecule has 0 radical (unpaired) electrons. The fraction of sp³-hybridized carbons (Fsp3) is 0.167. The predicted octanol–water partition coefficient (Wildman–Crippen LogP) is 4.33. The van der Waals surface area contributed by atoms with Gasteiger partial charge in [-0.25, -0.2) is 0 Å². The van der Waals surface area contributed by atoms with Gasteiger partial charge in [0.1, 0.15) is 0 Å². The van der Waals surface area contributed by atoms with Gasteiger partial charge in [-0.3, -0.25) is 9.67 Å². The van der Waals surface area contributed by atoms with Crippen LogP contribution in [-0.4, -0.2) is 21.3 Å². The third-order valence-electron chi connectivity index (χ3n) is 4.71. The highest BCUT2D eigenvalue weighted by Gasteiger charge is 2.11. The lowest BCUT2D eigenvalue weighted by atomic mass is 10.1. The van der Waals surface area contributed by atoms with Gasteiger partial charge in [0.25, 0.3) is 0 Å². The minimum atomic E-state index is 0.762. The smallest absolute Gasteiger partial charge is 0.0983 e. The first-order valence-electron chi connectivity index (χ1n) is 9.64. The molecule has 4 heteroatoms. The van der Waals surface area contributed by atoms with E-state index in [4.69, 9.17) is 5.10 Å². The van der Waals surface area contributed by atoms with Crippen LogP contribution in [0.4, 0.5) is 0 Å². The number of nitrogens with one attached hydrogen (secondary N) is 1. The van der Waals surface area contributed by atoms with Gasteiger partial charge in [0.05, 0.1) is 12.2 Å². The van der Waals surface area contributed by atoms with Gasteiger partial charge in [0.2, 0.25) is 0 Å². The first kappa shape index (κ1) is 18.1. The molecule has 140 valence electrons. The summed E-state index contributed by atoms with van der Waals surface area (Å²) in [4.78, 5) is 4.26. The second-order valence-electron chi connectivity index (χ2n) is 6.84. The maximum atomic E-state index is 4.85. The lowest BCUT2D eigenvalue weighted by Gasteiger charge is -2.05. The number of rotatable bonds is 8. The molecule has 0 atom stereocenters. The lowest BCUT2D eigenvalue weighted by molar-refractivity contribution is 0.675. The van der Waals surface area contributed by atoms with Gasteiger partial charge in [-0.05, 0) is 36.2 Å². The van der Waals surface area contributed by atoms with Crippen molar-refractivity contribution in [3.05, 3.63) is 108 Å². The Hall–Kier alpha value is -3.24. The van der Waals surface area contributed by atoms with E-state index >= 15 is 0 Å². The maximum absolute atomic E-state index is 4.85. The van der Waals surface area contributed by atoms with Crippen LogP contribution in [0.5, 0.6) is 0 Å². The van der Waals surface area contributed by atoms with Gasteiger partial charge < -0.3 is 5.32 Å². The molecule has 4 rings (SSSR count). The molecule has 2 aromatic heterocycles. The number of benzene rings is 2. The molecule has 0 aliphatic rings. The average Bonchev–Trinajstić information content (AvgIpc) is 3.16. The zero-order chi connectivity index (χ0) is 19.0. The van der Waals surface area contributed by atoms with Crippen molar-refractivity contribution in [1.82, 2.24) is 20.1 Å². The number of nitrogens with zero attached hydrogens (tertiary/aromatic N) is 3. The number of aromatic nitrogens is 3. The maximum Gasteiger partial charge on any atom is 0.0983 e. The van der Waals surface area contributed by atoms with Crippen molar-refractivity contribution in [2.45, 2.75) is 19.5 Å². The molecule has 0 saturated heterocycles. The summed E-state index contributed by atoms with van der Waals surface area (Å²) in [6, 6.07) is 25.0. The molecule has 0 spiro atoms. The minimum absolute atomic E-state index is 0.762. The predicted molar refractivity (Wildman–Crippen MR) is 113 cm³/mol. The Morgan fingerprint density at radius 2 is 1.57 bits per heavy atom. The normalized spacial score (nSPS) is 10.9. The topological polar surface area (TPSA) is 42.7 Å². The Kier molecular flexibility index (Phi) is 5.90. The van der Waals surface area contributed by atoms with Crippen molar-refractivity contribution in [2.75, 3.05) is 6.54 Å². The van der Waals surface area contributed by atoms with E-state index in [1.54, 1.807) is 6.20 Å². The molecule has 28 heavy (non-hydrogen) atoms. The van der Waals surface area contributed by atoms with Crippen LogP contribution in [0.15, 0.2) is 91.4 Å². The zero-order valence-corrected chi connectivity index (χ0v) is 15.8. The summed E-state index contributed by atoms with van der Waals surface area (Å²) in [5.74, 6) is 0. The van der Waals surface area contributed by atoms with E-state index < -0.39 is 0 Å². The van der Waals surface area contributed by atoms with Crippen molar-refractivity contribution >= 4 is 0 Å². The quantitative estimate of drug-likeness (QED) is 0.471. The number of hydrogen-bond acceptors (Lipinski definition) is 3. The highest BCUT2D eigenvalue weighted by Crippen LogP contribution is 2.21. The van der Waals surface area contributed by atoms with E-state index in [0.717, 1.165) is 37.3 Å². The highest BCUT2D eigenvalue weighted by atomic mass is 15.3. The molecule has 2 heterocycles. The third kappa shape index (κ3) is 4.72. The van der Waals surface area contributed by atoms with Crippen molar-refractivity contribution < 1.29 is 0 Å². The van der Waals surface area contributed by atoms with Crippen LogP contribution in [0.2, 0.25) is 0 Å². The largest absolute Gasteiger partial charge is 0.312 e. The van der Waals surface area contributed by atoms with E-state index in [9.17, 15) is 0 Å². The van der Waals surface area contributed by atoms with Gasteiger partial charge in [-0.15, -0.1) is 0 Å². The van der Waals surface area contributed by atoms with Crippen LogP contribution in [0.3, 0.4) is 0 Å². The molecule has 0 bridgehead atoms. The van der Waals surface area contributed by atoms with Gasteiger partial charge in [0.15, 0.2) is 0 Å². The summed E-state index contributed by atoms with van der Waals surface area (Å²) >= 11 is 0. The zero-order valence-electron chi connectivity index (χ0n) is 15.8. The van der Waals surface area contributed by atoms with Gasteiger partial charge in [-0.2, -0.15) is 5.10 Å². The van der Waals surface area contributed by atoms with E-state index in [1.165, 1.54) is 16.7 Å². The van der Waals surface area contributed by atoms with Crippen molar-refractivity contribution in [2.24, 2.45) is 0 Å². The van der Waals surface area contributed by atoms with Crippen LogP contribution >= 0.6 is 0 Å². The number of hydrogen-bond donors (Lipinski definition) is 1. The van der Waals surface area contributed by atoms with Crippen LogP contribution in [0.25, 0.3) is 11.3 Å². The summed E-state index contributed by atoms with van der Waals surface area (Å²) in [6.45, 7) is 2.48. The van der Waals surface area contributed by atoms with Gasteiger partial charge in [-0.1, -0.05) is 60.7 Å². The Morgan fingerprint density at radius 1 is 0.821 bits per heavy atom. The van der Waals surface area contributed by atoms with E-state index in [-0.39, 0.29) is 0 Å². The van der Waals surface area contributed by atoms with E-state index in [1.807, 2.05) is 23.0 Å². The summed E-state index contributed by atoms with van der Waals surface area (Å²) in [5, 5.41) is 8.41. The molecule has 0 amide bonds. The van der Waals surface area contributed by atoms with Crippen LogP contribution in [0.1, 0.15) is 16.7 Å². The fourth-order valence-corrected chi connectivity index (χ4v) is 3.29. The van der Waals surface area contributed by atoms with Crippen LogP contribution in [0, 0.1) is 0 Å². The Labute approximate surface area is 165 Å². The highest BCUT2D eigenvalue weighted by molar-refractivity contribution is 5.61. The molecule has 4 aromatic rings. The molecular weight excluding hydrogens is 344 g/mol. The molecule has 0 aliphatic heterocycles. The van der Waals surface area contributed by atoms with Crippen molar-refractivity contribution in [3.8, 4) is 11.3 Å². The van der Waals surface area contributed by atoms with E-state index in [0.29, 0.717) is 0 Å². The molecule has 0 aliphatic carbocycles. The first-order chi connectivity index (χ1) is 13.9.